The number of esters is 1. The predicted molar refractivity (Wildman–Crippen MR) is 89.6 cm³/mol. The van der Waals surface area contributed by atoms with E-state index in [4.69, 9.17) is 25.8 Å². The maximum atomic E-state index is 11.9. The van der Waals surface area contributed by atoms with Crippen molar-refractivity contribution in [2.24, 2.45) is 0 Å². The van der Waals surface area contributed by atoms with Crippen LogP contribution in [-0.2, 0) is 4.74 Å². The van der Waals surface area contributed by atoms with Gasteiger partial charge in [-0.3, -0.25) is 0 Å². The number of phenols is 1. The number of phenolic OH excluding ortho intramolecular Hbond substituents is 1. The van der Waals surface area contributed by atoms with Crippen molar-refractivity contribution in [1.29, 1.82) is 0 Å². The van der Waals surface area contributed by atoms with Gasteiger partial charge in [-0.05, 0) is 52.3 Å². The Kier molecular flexibility index (Phi) is 6.12. The fourth-order valence-corrected chi connectivity index (χ4v) is 2.56. The molecule has 0 spiro atoms. The molecular weight excluding hydrogens is 388 g/mol. The van der Waals surface area contributed by atoms with Crippen molar-refractivity contribution in [2.45, 2.75) is 0 Å². The summed E-state index contributed by atoms with van der Waals surface area (Å²) in [7, 11) is 1.47. The van der Waals surface area contributed by atoms with Crippen molar-refractivity contribution >= 4 is 33.5 Å². The Balaban J connectivity index is 1.87. The first-order valence-corrected chi connectivity index (χ1v) is 7.80. The van der Waals surface area contributed by atoms with E-state index in [2.05, 4.69) is 15.9 Å². The van der Waals surface area contributed by atoms with E-state index in [1.54, 1.807) is 24.3 Å². The van der Waals surface area contributed by atoms with Gasteiger partial charge in [0.1, 0.15) is 36.0 Å². The molecule has 0 saturated carbocycles. The maximum Gasteiger partial charge on any atom is 0.342 e. The number of carbonyl (C=O) groups excluding carboxylic acids is 1. The Morgan fingerprint density at radius 1 is 1.22 bits per heavy atom. The highest BCUT2D eigenvalue weighted by Gasteiger charge is 2.14. The molecule has 0 fully saturated rings. The lowest BCUT2D eigenvalue weighted by Crippen LogP contribution is -2.12. The van der Waals surface area contributed by atoms with E-state index in [0.717, 1.165) is 0 Å². The third-order valence-electron chi connectivity index (χ3n) is 2.89. The Morgan fingerprint density at radius 3 is 2.70 bits per heavy atom. The van der Waals surface area contributed by atoms with Crippen LogP contribution in [0.25, 0.3) is 0 Å². The number of halogens is 2. The highest BCUT2D eigenvalue weighted by atomic mass is 79.9. The Labute approximate surface area is 146 Å². The number of aromatic hydroxyl groups is 1. The number of benzene rings is 2. The van der Waals surface area contributed by atoms with E-state index in [0.29, 0.717) is 21.0 Å². The number of methoxy groups -OCH3 is 1. The average Bonchev–Trinajstić information content (AvgIpc) is 2.53. The molecule has 0 radical (unpaired) electrons. The van der Waals surface area contributed by atoms with Crippen LogP contribution in [0.1, 0.15) is 10.4 Å². The summed E-state index contributed by atoms with van der Waals surface area (Å²) in [4.78, 5) is 11.9. The zero-order chi connectivity index (χ0) is 16.8. The fourth-order valence-electron chi connectivity index (χ4n) is 1.76. The van der Waals surface area contributed by atoms with Crippen LogP contribution < -0.4 is 9.47 Å². The van der Waals surface area contributed by atoms with E-state index in [9.17, 15) is 9.90 Å². The van der Waals surface area contributed by atoms with Gasteiger partial charge in [0.25, 0.3) is 0 Å². The first kappa shape index (κ1) is 17.4. The molecular formula is C16H14BrClO5. The molecule has 2 aromatic carbocycles. The second-order valence-electron chi connectivity index (χ2n) is 4.44. The lowest BCUT2D eigenvalue weighted by Gasteiger charge is -2.10. The van der Waals surface area contributed by atoms with E-state index in [1.165, 1.54) is 19.2 Å². The normalized spacial score (nSPS) is 10.2. The number of hydrogen-bond acceptors (Lipinski definition) is 5. The minimum atomic E-state index is -0.653. The van der Waals surface area contributed by atoms with E-state index in [-0.39, 0.29) is 24.5 Å². The van der Waals surface area contributed by atoms with Crippen LogP contribution in [0.3, 0.4) is 0 Å². The van der Waals surface area contributed by atoms with Gasteiger partial charge < -0.3 is 19.3 Å². The summed E-state index contributed by atoms with van der Waals surface area (Å²) in [5, 5.41) is 10.3. The third kappa shape index (κ3) is 4.77. The molecule has 2 rings (SSSR count). The van der Waals surface area contributed by atoms with Gasteiger partial charge in [0.05, 0.1) is 11.6 Å². The van der Waals surface area contributed by atoms with Crippen LogP contribution in [0.15, 0.2) is 40.9 Å². The summed E-state index contributed by atoms with van der Waals surface area (Å²) in [5.74, 6) is 0.225. The number of carbonyl (C=O) groups is 1. The quantitative estimate of drug-likeness (QED) is 0.584. The van der Waals surface area contributed by atoms with Crippen molar-refractivity contribution in [3.63, 3.8) is 0 Å². The van der Waals surface area contributed by atoms with Crippen LogP contribution >= 0.6 is 27.5 Å². The van der Waals surface area contributed by atoms with E-state index < -0.39 is 5.97 Å². The van der Waals surface area contributed by atoms with Crippen molar-refractivity contribution in [2.75, 3.05) is 20.3 Å². The molecule has 0 aliphatic carbocycles. The van der Waals surface area contributed by atoms with Gasteiger partial charge in [-0.25, -0.2) is 4.79 Å². The molecule has 0 aliphatic rings. The second-order valence-corrected chi connectivity index (χ2v) is 5.73. The zero-order valence-electron chi connectivity index (χ0n) is 12.2. The summed E-state index contributed by atoms with van der Waals surface area (Å²) >= 11 is 9.16. The van der Waals surface area contributed by atoms with Gasteiger partial charge in [-0.15, -0.1) is 0 Å². The third-order valence-corrected chi connectivity index (χ3v) is 3.75. The zero-order valence-corrected chi connectivity index (χ0v) is 14.6. The molecule has 23 heavy (non-hydrogen) atoms. The monoisotopic (exact) mass is 400 g/mol. The largest absolute Gasteiger partial charge is 0.507 e. The Morgan fingerprint density at radius 2 is 2.00 bits per heavy atom. The summed E-state index contributed by atoms with van der Waals surface area (Å²) in [5.41, 5.74) is 0.0389. The standard InChI is InChI=1S/C16H14BrClO5/c1-21-11-3-4-14(19)12(9-11)16(20)23-7-6-22-15-5-2-10(18)8-13(15)17/h2-5,8-9,19H,6-7H2,1H3. The molecule has 1 N–H and O–H groups in total. The molecule has 0 aliphatic heterocycles. The smallest absolute Gasteiger partial charge is 0.342 e. The van der Waals surface area contributed by atoms with Crippen LogP contribution in [0.4, 0.5) is 0 Å². The minimum absolute atomic E-state index is 0.0323. The molecule has 2 aromatic rings. The molecule has 0 aromatic heterocycles. The first-order chi connectivity index (χ1) is 11.0. The first-order valence-electron chi connectivity index (χ1n) is 6.63. The van der Waals surface area contributed by atoms with Crippen LogP contribution in [0, 0.1) is 0 Å². The van der Waals surface area contributed by atoms with Crippen molar-refractivity contribution in [3.8, 4) is 17.2 Å². The molecule has 0 amide bonds. The summed E-state index contributed by atoms with van der Waals surface area (Å²) in [6.45, 7) is 0.196. The lowest BCUT2D eigenvalue weighted by atomic mass is 10.2. The average molecular weight is 402 g/mol. The van der Waals surface area contributed by atoms with E-state index >= 15 is 0 Å². The number of rotatable bonds is 6. The molecule has 122 valence electrons. The van der Waals surface area contributed by atoms with Gasteiger partial charge >= 0.3 is 5.97 Å². The Hall–Kier alpha value is -1.92. The molecule has 0 bridgehead atoms. The van der Waals surface area contributed by atoms with Gasteiger partial charge in [0.15, 0.2) is 0 Å². The maximum absolute atomic E-state index is 11.9. The highest BCUT2D eigenvalue weighted by molar-refractivity contribution is 9.10. The fraction of sp³-hybridized carbons (Fsp3) is 0.188. The molecule has 5 nitrogen and oxygen atoms in total. The molecule has 0 unspecified atom stereocenters. The van der Waals surface area contributed by atoms with Gasteiger partial charge in [0.2, 0.25) is 0 Å². The van der Waals surface area contributed by atoms with Crippen LogP contribution in [-0.4, -0.2) is 31.4 Å². The van der Waals surface area contributed by atoms with E-state index in [1.807, 2.05) is 0 Å². The van der Waals surface area contributed by atoms with Gasteiger partial charge in [-0.2, -0.15) is 0 Å². The number of hydrogen-bond donors (Lipinski definition) is 1. The molecule has 0 heterocycles. The highest BCUT2D eigenvalue weighted by Crippen LogP contribution is 2.28. The summed E-state index contributed by atoms with van der Waals surface area (Å²) in [6.07, 6.45) is 0. The van der Waals surface area contributed by atoms with Gasteiger partial charge in [-0.1, -0.05) is 11.6 Å². The Bertz CT molecular complexity index is 705. The molecule has 7 heteroatoms. The summed E-state index contributed by atoms with van der Waals surface area (Å²) < 4.78 is 16.3. The number of ether oxygens (including phenoxy) is 3. The molecule has 0 atom stereocenters. The van der Waals surface area contributed by atoms with Crippen molar-refractivity contribution in [1.82, 2.24) is 0 Å². The van der Waals surface area contributed by atoms with Crippen molar-refractivity contribution < 1.29 is 24.1 Å². The second kappa shape index (κ2) is 8.08. The van der Waals surface area contributed by atoms with Crippen molar-refractivity contribution in [3.05, 3.63) is 51.5 Å². The topological polar surface area (TPSA) is 65.0 Å². The minimum Gasteiger partial charge on any atom is -0.507 e. The molecule has 0 saturated heterocycles. The SMILES string of the molecule is COc1ccc(O)c(C(=O)OCCOc2ccc(Cl)cc2Br)c1. The lowest BCUT2D eigenvalue weighted by molar-refractivity contribution is 0.0446. The van der Waals surface area contributed by atoms with Crippen LogP contribution in [0.2, 0.25) is 5.02 Å². The summed E-state index contributed by atoms with van der Waals surface area (Å²) in [6, 6.07) is 9.44. The van der Waals surface area contributed by atoms with Crippen LogP contribution in [0.5, 0.6) is 17.2 Å². The predicted octanol–water partition coefficient (Wildman–Crippen LogP) is 4.05. The van der Waals surface area contributed by atoms with Gasteiger partial charge in [0, 0.05) is 5.02 Å².